The lowest BCUT2D eigenvalue weighted by molar-refractivity contribution is 0.285. The van der Waals surface area contributed by atoms with Crippen LogP contribution in [0.4, 0.5) is 5.13 Å². The summed E-state index contributed by atoms with van der Waals surface area (Å²) >= 11 is 1.61. The summed E-state index contributed by atoms with van der Waals surface area (Å²) in [6.45, 7) is 3.46. The van der Waals surface area contributed by atoms with Crippen molar-refractivity contribution in [1.82, 2.24) is 4.98 Å². The Bertz CT molecular complexity index is 300. The van der Waals surface area contributed by atoms with Gasteiger partial charge in [-0.2, -0.15) is 0 Å². The van der Waals surface area contributed by atoms with Gasteiger partial charge in [0, 0.05) is 18.8 Å². The first-order valence-corrected chi connectivity index (χ1v) is 5.99. The van der Waals surface area contributed by atoms with E-state index in [-0.39, 0.29) is 6.61 Å². The molecule has 1 aromatic rings. The molecule has 0 bridgehead atoms. The van der Waals surface area contributed by atoms with Crippen LogP contribution in [-0.4, -0.2) is 22.7 Å². The Morgan fingerprint density at radius 3 is 3.21 bits per heavy atom. The van der Waals surface area contributed by atoms with Crippen LogP contribution in [0.25, 0.3) is 0 Å². The highest BCUT2D eigenvalue weighted by Crippen LogP contribution is 2.30. The minimum atomic E-state index is 0.113. The van der Waals surface area contributed by atoms with E-state index < -0.39 is 0 Å². The van der Waals surface area contributed by atoms with Crippen LogP contribution in [0.5, 0.6) is 0 Å². The average Bonchev–Trinajstić information content (AvgIpc) is 2.85. The molecule has 14 heavy (non-hydrogen) atoms. The van der Waals surface area contributed by atoms with Gasteiger partial charge in [0.25, 0.3) is 0 Å². The number of hydrogen-bond acceptors (Lipinski definition) is 4. The van der Waals surface area contributed by atoms with Crippen LogP contribution >= 0.6 is 11.3 Å². The van der Waals surface area contributed by atoms with E-state index in [1.54, 1.807) is 17.5 Å². The standard InChI is InChI=1S/C10H16N2OS/c1-2-8-4-3-5-12(8)10-11-6-9(7-13)14-10/h6,8,13H,2-5,7H2,1H3. The number of anilines is 1. The second-order valence-corrected chi connectivity index (χ2v) is 4.76. The second kappa shape index (κ2) is 4.28. The monoisotopic (exact) mass is 212 g/mol. The third kappa shape index (κ3) is 1.77. The summed E-state index contributed by atoms with van der Waals surface area (Å²) in [7, 11) is 0. The molecule has 2 heterocycles. The molecule has 1 unspecified atom stereocenters. The van der Waals surface area contributed by atoms with Crippen molar-refractivity contribution in [3.05, 3.63) is 11.1 Å². The zero-order valence-corrected chi connectivity index (χ0v) is 9.26. The van der Waals surface area contributed by atoms with Gasteiger partial charge >= 0.3 is 0 Å². The lowest BCUT2D eigenvalue weighted by Crippen LogP contribution is -2.28. The Balaban J connectivity index is 2.13. The van der Waals surface area contributed by atoms with Gasteiger partial charge in [0.15, 0.2) is 5.13 Å². The van der Waals surface area contributed by atoms with Crippen LogP contribution in [0, 0.1) is 0 Å². The smallest absolute Gasteiger partial charge is 0.185 e. The highest BCUT2D eigenvalue weighted by Gasteiger charge is 2.24. The molecule has 0 spiro atoms. The molecule has 2 rings (SSSR count). The van der Waals surface area contributed by atoms with E-state index >= 15 is 0 Å². The summed E-state index contributed by atoms with van der Waals surface area (Å²) in [5.41, 5.74) is 0. The minimum absolute atomic E-state index is 0.113. The normalized spacial score (nSPS) is 21.9. The van der Waals surface area contributed by atoms with E-state index in [1.807, 2.05) is 0 Å². The summed E-state index contributed by atoms with van der Waals surface area (Å²) in [5.74, 6) is 0. The van der Waals surface area contributed by atoms with E-state index in [0.29, 0.717) is 6.04 Å². The Kier molecular flexibility index (Phi) is 3.03. The van der Waals surface area contributed by atoms with Crippen LogP contribution in [0.3, 0.4) is 0 Å². The Labute approximate surface area is 88.4 Å². The van der Waals surface area contributed by atoms with Gasteiger partial charge in [-0.1, -0.05) is 18.3 Å². The third-order valence-electron chi connectivity index (χ3n) is 2.79. The number of thiazole rings is 1. The van der Waals surface area contributed by atoms with Crippen molar-refractivity contribution in [1.29, 1.82) is 0 Å². The zero-order chi connectivity index (χ0) is 9.97. The highest BCUT2D eigenvalue weighted by atomic mass is 32.1. The van der Waals surface area contributed by atoms with E-state index in [2.05, 4.69) is 16.8 Å². The van der Waals surface area contributed by atoms with Gasteiger partial charge in [0.2, 0.25) is 0 Å². The Hall–Kier alpha value is -0.610. The fourth-order valence-corrected chi connectivity index (χ4v) is 2.88. The van der Waals surface area contributed by atoms with Crippen molar-refractivity contribution in [2.75, 3.05) is 11.4 Å². The van der Waals surface area contributed by atoms with Crippen LogP contribution in [-0.2, 0) is 6.61 Å². The molecule has 0 aliphatic carbocycles. The lowest BCUT2D eigenvalue weighted by atomic mass is 10.2. The van der Waals surface area contributed by atoms with E-state index in [4.69, 9.17) is 5.11 Å². The summed E-state index contributed by atoms with van der Waals surface area (Å²) in [6, 6.07) is 0.660. The maximum absolute atomic E-state index is 8.97. The number of aromatic nitrogens is 1. The molecule has 1 aliphatic heterocycles. The van der Waals surface area contributed by atoms with E-state index in [1.165, 1.54) is 19.3 Å². The predicted molar refractivity (Wildman–Crippen MR) is 58.7 cm³/mol. The maximum Gasteiger partial charge on any atom is 0.185 e. The molecule has 1 N–H and O–H groups in total. The molecule has 0 radical (unpaired) electrons. The summed E-state index contributed by atoms with van der Waals surface area (Å²) < 4.78 is 0. The van der Waals surface area contributed by atoms with Crippen molar-refractivity contribution in [3.63, 3.8) is 0 Å². The Morgan fingerprint density at radius 1 is 1.71 bits per heavy atom. The van der Waals surface area contributed by atoms with Crippen molar-refractivity contribution < 1.29 is 5.11 Å². The minimum Gasteiger partial charge on any atom is -0.391 e. The molecule has 0 amide bonds. The van der Waals surface area contributed by atoms with Crippen LogP contribution in [0.2, 0.25) is 0 Å². The molecule has 0 aromatic carbocycles. The average molecular weight is 212 g/mol. The van der Waals surface area contributed by atoms with Crippen molar-refractivity contribution in [3.8, 4) is 0 Å². The first kappa shape index (κ1) is 9.93. The van der Waals surface area contributed by atoms with Gasteiger partial charge in [0.05, 0.1) is 11.5 Å². The van der Waals surface area contributed by atoms with Crippen LogP contribution < -0.4 is 4.90 Å². The molecule has 3 nitrogen and oxygen atoms in total. The molecule has 1 saturated heterocycles. The number of aliphatic hydroxyl groups is 1. The zero-order valence-electron chi connectivity index (χ0n) is 8.44. The lowest BCUT2D eigenvalue weighted by Gasteiger charge is -2.22. The SMILES string of the molecule is CCC1CCCN1c1ncc(CO)s1. The number of nitrogens with zero attached hydrogens (tertiary/aromatic N) is 2. The first-order valence-electron chi connectivity index (χ1n) is 5.17. The summed E-state index contributed by atoms with van der Waals surface area (Å²) in [6.07, 6.45) is 5.52. The van der Waals surface area contributed by atoms with Gasteiger partial charge in [-0.3, -0.25) is 0 Å². The quantitative estimate of drug-likeness (QED) is 0.832. The predicted octanol–water partition coefficient (Wildman–Crippen LogP) is 2.01. The van der Waals surface area contributed by atoms with Crippen molar-refractivity contribution in [2.24, 2.45) is 0 Å². The van der Waals surface area contributed by atoms with Gasteiger partial charge in [-0.05, 0) is 19.3 Å². The first-order chi connectivity index (χ1) is 6.85. The molecule has 4 heteroatoms. The summed E-state index contributed by atoms with van der Waals surface area (Å²) in [5, 5.41) is 10.1. The second-order valence-electron chi connectivity index (χ2n) is 3.66. The number of aliphatic hydroxyl groups excluding tert-OH is 1. The van der Waals surface area contributed by atoms with Gasteiger partial charge in [-0.15, -0.1) is 0 Å². The largest absolute Gasteiger partial charge is 0.391 e. The number of hydrogen-bond donors (Lipinski definition) is 1. The Morgan fingerprint density at radius 2 is 2.57 bits per heavy atom. The van der Waals surface area contributed by atoms with Crippen LogP contribution in [0.1, 0.15) is 31.1 Å². The highest BCUT2D eigenvalue weighted by molar-refractivity contribution is 7.15. The molecule has 1 aliphatic rings. The molecule has 1 fully saturated rings. The van der Waals surface area contributed by atoms with Crippen molar-refractivity contribution >= 4 is 16.5 Å². The van der Waals surface area contributed by atoms with Gasteiger partial charge in [0.1, 0.15) is 0 Å². The van der Waals surface area contributed by atoms with Crippen molar-refractivity contribution in [2.45, 2.75) is 38.8 Å². The van der Waals surface area contributed by atoms with Crippen LogP contribution in [0.15, 0.2) is 6.20 Å². The molecule has 78 valence electrons. The maximum atomic E-state index is 8.97. The molecule has 1 aromatic heterocycles. The summed E-state index contributed by atoms with van der Waals surface area (Å²) in [4.78, 5) is 7.69. The molecular weight excluding hydrogens is 196 g/mol. The van der Waals surface area contributed by atoms with Gasteiger partial charge < -0.3 is 10.0 Å². The van der Waals surface area contributed by atoms with Gasteiger partial charge in [-0.25, -0.2) is 4.98 Å². The molecule has 1 atom stereocenters. The van der Waals surface area contributed by atoms with E-state index in [9.17, 15) is 0 Å². The number of rotatable bonds is 3. The molecular formula is C10H16N2OS. The molecule has 0 saturated carbocycles. The fourth-order valence-electron chi connectivity index (χ4n) is 2.02. The fraction of sp³-hybridized carbons (Fsp3) is 0.700. The third-order valence-corrected chi connectivity index (χ3v) is 3.81. The topological polar surface area (TPSA) is 36.4 Å². The van der Waals surface area contributed by atoms with E-state index in [0.717, 1.165) is 16.6 Å².